The lowest BCUT2D eigenvalue weighted by Crippen LogP contribution is -2.33. The number of aliphatic imine (C=N–C) groups is 1. The van der Waals surface area contributed by atoms with Crippen molar-refractivity contribution >= 4 is 12.3 Å². The number of methoxy groups -OCH3 is 1. The van der Waals surface area contributed by atoms with E-state index in [1.165, 1.54) is 13.4 Å². The lowest BCUT2D eigenvalue weighted by Gasteiger charge is -2.07. The van der Waals surface area contributed by atoms with E-state index in [1.807, 2.05) is 0 Å². The molecule has 4 nitrogen and oxygen atoms in total. The first-order chi connectivity index (χ1) is 8.15. The zero-order valence-corrected chi connectivity index (χ0v) is 10.9. The number of esters is 1. The number of carbonyl (C=O) groups excluding carboxylic acids is 1. The molecule has 0 aromatic carbocycles. The van der Waals surface area contributed by atoms with Crippen LogP contribution in [0.2, 0.25) is 0 Å². The second-order valence-electron chi connectivity index (χ2n) is 3.65. The number of nitrogens with zero attached hydrogens (tertiary/aromatic N) is 1. The summed E-state index contributed by atoms with van der Waals surface area (Å²) >= 11 is 0. The minimum absolute atomic E-state index is 0.304. The van der Waals surface area contributed by atoms with Crippen LogP contribution in [0.25, 0.3) is 0 Å². The molecular formula is C13H22N2O2. The average molecular weight is 238 g/mol. The topological polar surface area (TPSA) is 50.7 Å². The number of ether oxygens (including phenoxy) is 1. The highest BCUT2D eigenvalue weighted by molar-refractivity contribution is 5.78. The van der Waals surface area contributed by atoms with Gasteiger partial charge in [0.05, 0.1) is 20.0 Å². The van der Waals surface area contributed by atoms with Crippen molar-refractivity contribution in [2.45, 2.75) is 32.7 Å². The van der Waals surface area contributed by atoms with E-state index in [0.717, 1.165) is 18.4 Å². The first-order valence-electron chi connectivity index (χ1n) is 5.79. The molecule has 0 aliphatic rings. The summed E-state index contributed by atoms with van der Waals surface area (Å²) in [5, 5.41) is 2.84. The van der Waals surface area contributed by atoms with Crippen LogP contribution in [0.5, 0.6) is 0 Å². The number of nitrogens with one attached hydrogen (secondary N) is 1. The van der Waals surface area contributed by atoms with E-state index in [9.17, 15) is 4.79 Å². The van der Waals surface area contributed by atoms with Gasteiger partial charge in [0.25, 0.3) is 0 Å². The molecule has 0 aliphatic heterocycles. The Bertz CT molecular complexity index is 296. The molecule has 0 aliphatic carbocycles. The maximum absolute atomic E-state index is 11.1. The summed E-state index contributed by atoms with van der Waals surface area (Å²) in [6.07, 6.45) is 7.59. The van der Waals surface area contributed by atoms with Gasteiger partial charge in [0.2, 0.25) is 0 Å². The molecule has 0 bridgehead atoms. The second-order valence-corrected chi connectivity index (χ2v) is 3.65. The summed E-state index contributed by atoms with van der Waals surface area (Å²) < 4.78 is 4.57. The van der Waals surface area contributed by atoms with Crippen LogP contribution in [0.15, 0.2) is 29.3 Å². The van der Waals surface area contributed by atoms with E-state index in [0.29, 0.717) is 6.54 Å². The zero-order chi connectivity index (χ0) is 13.1. The Balaban J connectivity index is 4.01. The van der Waals surface area contributed by atoms with Gasteiger partial charge in [-0.15, -0.1) is 0 Å². The maximum atomic E-state index is 11.1. The molecule has 96 valence electrons. The van der Waals surface area contributed by atoms with Gasteiger partial charge in [-0.3, -0.25) is 4.99 Å². The Hall–Kier alpha value is -1.58. The number of unbranched alkanes of at least 4 members (excludes halogenated alkanes) is 1. The number of hydrogen-bond donors (Lipinski definition) is 1. The standard InChI is InChI=1S/C13H22N2O2/c1-5-7-8-12(6-2)9-14-10-15-11(3)13(16)17-4/h6,8,10-11H,2,5,7,9H2,1,3-4H3,(H,14,15)/b12-8+. The molecule has 0 saturated heterocycles. The summed E-state index contributed by atoms with van der Waals surface area (Å²) in [6, 6.07) is -0.379. The van der Waals surface area contributed by atoms with E-state index in [-0.39, 0.29) is 12.0 Å². The monoisotopic (exact) mass is 238 g/mol. The van der Waals surface area contributed by atoms with E-state index in [1.54, 1.807) is 13.0 Å². The summed E-state index contributed by atoms with van der Waals surface area (Å²) in [5.41, 5.74) is 1.09. The number of carbonyl (C=O) groups is 1. The summed E-state index contributed by atoms with van der Waals surface area (Å²) in [5.74, 6) is -0.304. The predicted molar refractivity (Wildman–Crippen MR) is 71.2 cm³/mol. The maximum Gasteiger partial charge on any atom is 0.328 e. The highest BCUT2D eigenvalue weighted by Crippen LogP contribution is 2.00. The molecule has 1 unspecified atom stereocenters. The third-order valence-corrected chi connectivity index (χ3v) is 2.20. The zero-order valence-electron chi connectivity index (χ0n) is 10.9. The van der Waals surface area contributed by atoms with Gasteiger partial charge in [0.1, 0.15) is 6.04 Å². The van der Waals surface area contributed by atoms with Crippen LogP contribution in [0.1, 0.15) is 26.7 Å². The van der Waals surface area contributed by atoms with E-state index >= 15 is 0 Å². The fourth-order valence-corrected chi connectivity index (χ4v) is 1.10. The highest BCUT2D eigenvalue weighted by atomic mass is 16.5. The Kier molecular flexibility index (Phi) is 8.74. The molecule has 0 amide bonds. The summed E-state index contributed by atoms with van der Waals surface area (Å²) in [7, 11) is 1.36. The van der Waals surface area contributed by atoms with Crippen molar-refractivity contribution in [3.05, 3.63) is 24.3 Å². The third-order valence-electron chi connectivity index (χ3n) is 2.20. The van der Waals surface area contributed by atoms with Gasteiger partial charge >= 0.3 is 5.97 Å². The first kappa shape index (κ1) is 15.4. The van der Waals surface area contributed by atoms with Crippen LogP contribution < -0.4 is 5.32 Å². The van der Waals surface area contributed by atoms with Crippen LogP contribution in [-0.2, 0) is 9.53 Å². The normalized spacial score (nSPS) is 13.5. The van der Waals surface area contributed by atoms with E-state index in [2.05, 4.69) is 34.6 Å². The molecule has 0 fully saturated rings. The Morgan fingerprint density at radius 3 is 2.82 bits per heavy atom. The first-order valence-corrected chi connectivity index (χ1v) is 5.79. The van der Waals surface area contributed by atoms with Gasteiger partial charge in [0, 0.05) is 0 Å². The average Bonchev–Trinajstić information content (AvgIpc) is 2.36. The van der Waals surface area contributed by atoms with Crippen LogP contribution in [-0.4, -0.2) is 32.0 Å². The van der Waals surface area contributed by atoms with Gasteiger partial charge < -0.3 is 10.1 Å². The van der Waals surface area contributed by atoms with Crippen LogP contribution in [0.4, 0.5) is 0 Å². The van der Waals surface area contributed by atoms with Crippen molar-refractivity contribution in [2.24, 2.45) is 4.99 Å². The van der Waals surface area contributed by atoms with E-state index < -0.39 is 0 Å². The lowest BCUT2D eigenvalue weighted by molar-refractivity contribution is -0.142. The Labute approximate surface area is 103 Å². The number of allylic oxidation sites excluding steroid dienone is 1. The van der Waals surface area contributed by atoms with Crippen LogP contribution >= 0.6 is 0 Å². The predicted octanol–water partition coefficient (Wildman–Crippen LogP) is 2.08. The highest BCUT2D eigenvalue weighted by Gasteiger charge is 2.09. The quantitative estimate of drug-likeness (QED) is 0.305. The number of hydrogen-bond acceptors (Lipinski definition) is 3. The molecule has 0 heterocycles. The fourth-order valence-electron chi connectivity index (χ4n) is 1.10. The van der Waals surface area contributed by atoms with E-state index in [4.69, 9.17) is 0 Å². The largest absolute Gasteiger partial charge is 0.467 e. The molecule has 0 aromatic heterocycles. The summed E-state index contributed by atoms with van der Waals surface area (Å²) in [6.45, 7) is 8.15. The SMILES string of the molecule is C=C/C(=C\CCC)CN=CNC(C)C(=O)OC. The Morgan fingerprint density at radius 2 is 2.29 bits per heavy atom. The molecular weight excluding hydrogens is 216 g/mol. The fraction of sp³-hybridized carbons (Fsp3) is 0.538. The molecule has 1 N–H and O–H groups in total. The molecule has 1 atom stereocenters. The van der Waals surface area contributed by atoms with Gasteiger partial charge in [-0.25, -0.2) is 4.79 Å². The van der Waals surface area contributed by atoms with Crippen molar-refractivity contribution in [1.29, 1.82) is 0 Å². The van der Waals surface area contributed by atoms with Crippen molar-refractivity contribution in [2.75, 3.05) is 13.7 Å². The Morgan fingerprint density at radius 1 is 1.59 bits per heavy atom. The summed E-state index contributed by atoms with van der Waals surface area (Å²) in [4.78, 5) is 15.2. The minimum Gasteiger partial charge on any atom is -0.467 e. The third kappa shape index (κ3) is 7.33. The van der Waals surface area contributed by atoms with Crippen LogP contribution in [0.3, 0.4) is 0 Å². The van der Waals surface area contributed by atoms with Gasteiger partial charge in [-0.05, 0) is 18.9 Å². The van der Waals surface area contributed by atoms with Gasteiger partial charge in [-0.2, -0.15) is 0 Å². The lowest BCUT2D eigenvalue weighted by atomic mass is 10.2. The smallest absolute Gasteiger partial charge is 0.328 e. The van der Waals surface area contributed by atoms with Crippen LogP contribution in [0, 0.1) is 0 Å². The molecule has 0 rings (SSSR count). The number of rotatable bonds is 8. The second kappa shape index (κ2) is 9.63. The molecule has 0 spiro atoms. The molecule has 17 heavy (non-hydrogen) atoms. The molecule has 0 aromatic rings. The molecule has 0 radical (unpaired) electrons. The van der Waals surface area contributed by atoms with Crippen molar-refractivity contribution in [3.63, 3.8) is 0 Å². The minimum atomic E-state index is -0.379. The van der Waals surface area contributed by atoms with Gasteiger partial charge in [0.15, 0.2) is 0 Å². The van der Waals surface area contributed by atoms with Crippen molar-refractivity contribution < 1.29 is 9.53 Å². The van der Waals surface area contributed by atoms with Crippen molar-refractivity contribution in [3.8, 4) is 0 Å². The molecule has 4 heteroatoms. The molecule has 0 saturated carbocycles. The van der Waals surface area contributed by atoms with Gasteiger partial charge in [-0.1, -0.05) is 32.1 Å². The van der Waals surface area contributed by atoms with Crippen molar-refractivity contribution in [1.82, 2.24) is 5.32 Å².